The molecule has 0 unspecified atom stereocenters. The molecule has 7 nitrogen and oxygen atoms in total. The Hall–Kier alpha value is -3.49. The van der Waals surface area contributed by atoms with E-state index in [4.69, 9.17) is 21.4 Å². The number of benzene rings is 3. The van der Waals surface area contributed by atoms with Crippen LogP contribution in [0.15, 0.2) is 71.6 Å². The third-order valence-electron chi connectivity index (χ3n) is 5.97. The van der Waals surface area contributed by atoms with Crippen molar-refractivity contribution in [3.05, 3.63) is 88.6 Å². The van der Waals surface area contributed by atoms with Crippen molar-refractivity contribution < 1.29 is 23.1 Å². The SMILES string of the molecule is CN1CCOc2ccc(S(=O)(=O)n3c(Cc4ccc(C(=O)O)cc4)cc4c(Cl)cccc43)cc21. The van der Waals surface area contributed by atoms with Gasteiger partial charge in [0.2, 0.25) is 0 Å². The Labute approximate surface area is 201 Å². The predicted octanol–water partition coefficient (Wildman–Crippen LogP) is 4.65. The largest absolute Gasteiger partial charge is 0.490 e. The summed E-state index contributed by atoms with van der Waals surface area (Å²) in [6, 6.07) is 18.2. The number of nitrogens with zero attached hydrogens (tertiary/aromatic N) is 2. The van der Waals surface area contributed by atoms with Gasteiger partial charge in [0.1, 0.15) is 12.4 Å². The maximum atomic E-state index is 13.9. The molecule has 0 atom stereocenters. The first-order chi connectivity index (χ1) is 16.3. The number of anilines is 1. The van der Waals surface area contributed by atoms with Crippen LogP contribution in [0.3, 0.4) is 0 Å². The lowest BCUT2D eigenvalue weighted by Crippen LogP contribution is -2.29. The number of carboxylic acid groups (broad SMARTS) is 1. The van der Waals surface area contributed by atoms with E-state index < -0.39 is 16.0 Å². The fourth-order valence-electron chi connectivity index (χ4n) is 4.20. The van der Waals surface area contributed by atoms with Crippen molar-refractivity contribution in [1.82, 2.24) is 3.97 Å². The lowest BCUT2D eigenvalue weighted by molar-refractivity contribution is 0.0697. The van der Waals surface area contributed by atoms with Crippen molar-refractivity contribution in [3.63, 3.8) is 0 Å². The summed E-state index contributed by atoms with van der Waals surface area (Å²) in [5, 5.41) is 10.2. The van der Waals surface area contributed by atoms with Gasteiger partial charge in [0.05, 0.1) is 28.2 Å². The Morgan fingerprint density at radius 2 is 1.85 bits per heavy atom. The average Bonchev–Trinajstić information content (AvgIpc) is 3.19. The third kappa shape index (κ3) is 3.78. The number of rotatable bonds is 5. The first-order valence-electron chi connectivity index (χ1n) is 10.6. The van der Waals surface area contributed by atoms with Gasteiger partial charge in [-0.05, 0) is 54.1 Å². The fourth-order valence-corrected chi connectivity index (χ4v) is 5.98. The fraction of sp³-hybridized carbons (Fsp3) is 0.160. The van der Waals surface area contributed by atoms with E-state index in [1.807, 2.05) is 11.9 Å². The quantitative estimate of drug-likeness (QED) is 0.432. The van der Waals surface area contributed by atoms with E-state index in [0.717, 1.165) is 5.56 Å². The van der Waals surface area contributed by atoms with Gasteiger partial charge in [-0.2, -0.15) is 0 Å². The summed E-state index contributed by atoms with van der Waals surface area (Å²) in [6.45, 7) is 1.21. The summed E-state index contributed by atoms with van der Waals surface area (Å²) in [5.41, 5.74) is 2.66. The highest BCUT2D eigenvalue weighted by molar-refractivity contribution is 7.90. The summed E-state index contributed by atoms with van der Waals surface area (Å²) in [4.78, 5) is 13.3. The molecule has 0 saturated carbocycles. The molecule has 34 heavy (non-hydrogen) atoms. The van der Waals surface area contributed by atoms with Crippen LogP contribution < -0.4 is 9.64 Å². The van der Waals surface area contributed by atoms with Crippen LogP contribution in [0.25, 0.3) is 10.9 Å². The van der Waals surface area contributed by atoms with E-state index in [1.165, 1.54) is 16.1 Å². The van der Waals surface area contributed by atoms with Crippen LogP contribution in [0.2, 0.25) is 5.02 Å². The van der Waals surface area contributed by atoms with E-state index in [-0.39, 0.29) is 16.9 Å². The zero-order chi connectivity index (χ0) is 24.0. The van der Waals surface area contributed by atoms with E-state index in [9.17, 15) is 13.2 Å². The van der Waals surface area contributed by atoms with Crippen molar-refractivity contribution in [3.8, 4) is 5.75 Å². The lowest BCUT2D eigenvalue weighted by Gasteiger charge is -2.28. The molecule has 0 bridgehead atoms. The van der Waals surface area contributed by atoms with Crippen LogP contribution in [0.5, 0.6) is 5.75 Å². The zero-order valence-electron chi connectivity index (χ0n) is 18.2. The van der Waals surface area contributed by atoms with Crippen LogP contribution in [-0.4, -0.2) is 43.7 Å². The monoisotopic (exact) mass is 496 g/mol. The smallest absolute Gasteiger partial charge is 0.335 e. The maximum absolute atomic E-state index is 13.9. The minimum atomic E-state index is -3.99. The topological polar surface area (TPSA) is 88.8 Å². The van der Waals surface area contributed by atoms with Gasteiger partial charge < -0.3 is 14.7 Å². The first-order valence-corrected chi connectivity index (χ1v) is 12.4. The Bertz CT molecular complexity index is 1530. The number of hydrogen-bond donors (Lipinski definition) is 1. The van der Waals surface area contributed by atoms with Gasteiger partial charge in [-0.25, -0.2) is 17.2 Å². The van der Waals surface area contributed by atoms with Crippen LogP contribution in [-0.2, 0) is 16.4 Å². The van der Waals surface area contributed by atoms with Crippen molar-refractivity contribution in [2.45, 2.75) is 11.3 Å². The molecule has 174 valence electrons. The highest BCUT2D eigenvalue weighted by atomic mass is 35.5. The Morgan fingerprint density at radius 1 is 1.09 bits per heavy atom. The van der Waals surface area contributed by atoms with Gasteiger partial charge in [0.15, 0.2) is 0 Å². The number of ether oxygens (including phenoxy) is 1. The number of likely N-dealkylation sites (N-methyl/N-ethyl adjacent to an activating group) is 1. The molecule has 1 aromatic heterocycles. The molecule has 1 aliphatic heterocycles. The molecule has 0 spiro atoms. The molecular formula is C25H21ClN2O5S. The van der Waals surface area contributed by atoms with Gasteiger partial charge in [0, 0.05) is 29.6 Å². The molecule has 1 aliphatic rings. The molecule has 0 fully saturated rings. The average molecular weight is 497 g/mol. The van der Waals surface area contributed by atoms with Gasteiger partial charge >= 0.3 is 5.97 Å². The zero-order valence-corrected chi connectivity index (χ0v) is 19.8. The molecule has 0 amide bonds. The van der Waals surface area contributed by atoms with Crippen molar-refractivity contribution in [2.24, 2.45) is 0 Å². The van der Waals surface area contributed by atoms with Crippen LogP contribution in [0.1, 0.15) is 21.6 Å². The van der Waals surface area contributed by atoms with Gasteiger partial charge in [-0.3, -0.25) is 0 Å². The number of fused-ring (bicyclic) bond motifs is 2. The highest BCUT2D eigenvalue weighted by Gasteiger charge is 2.26. The second-order valence-corrected chi connectivity index (χ2v) is 10.4. The first kappa shape index (κ1) is 22.3. The second-order valence-electron chi connectivity index (χ2n) is 8.16. The minimum absolute atomic E-state index is 0.142. The van der Waals surface area contributed by atoms with Crippen LogP contribution in [0.4, 0.5) is 5.69 Å². The third-order valence-corrected chi connectivity index (χ3v) is 8.06. The molecule has 1 N–H and O–H groups in total. The lowest BCUT2D eigenvalue weighted by atomic mass is 10.1. The van der Waals surface area contributed by atoms with Gasteiger partial charge in [-0.1, -0.05) is 29.8 Å². The summed E-state index contributed by atoms with van der Waals surface area (Å²) in [6.07, 6.45) is 0.276. The van der Waals surface area contributed by atoms with E-state index >= 15 is 0 Å². The number of aromatic nitrogens is 1. The summed E-state index contributed by atoms with van der Waals surface area (Å²) < 4.78 is 34.9. The molecule has 3 aromatic carbocycles. The van der Waals surface area contributed by atoms with Crippen molar-refractivity contribution in [2.75, 3.05) is 25.1 Å². The molecule has 5 rings (SSSR count). The standard InChI is InChI=1S/C25H21ClN2O5S/c1-27-11-12-33-24-10-9-19(15-23(24)27)34(31,32)28-18(14-20-21(26)3-2-4-22(20)28)13-16-5-7-17(8-6-16)25(29)30/h2-10,14-15H,11-13H2,1H3,(H,29,30). The second kappa shape index (κ2) is 8.38. The molecule has 9 heteroatoms. The van der Waals surface area contributed by atoms with Gasteiger partial charge in [-0.15, -0.1) is 0 Å². The molecule has 2 heterocycles. The molecule has 0 aliphatic carbocycles. The molecule has 0 radical (unpaired) electrons. The van der Waals surface area contributed by atoms with Crippen molar-refractivity contribution in [1.29, 1.82) is 0 Å². The summed E-state index contributed by atoms with van der Waals surface area (Å²) in [7, 11) is -2.09. The number of carboxylic acids is 1. The molecular weight excluding hydrogens is 476 g/mol. The summed E-state index contributed by atoms with van der Waals surface area (Å²) in [5.74, 6) is -0.372. The van der Waals surface area contributed by atoms with E-state index in [2.05, 4.69) is 0 Å². The Morgan fingerprint density at radius 3 is 2.59 bits per heavy atom. The number of hydrogen-bond acceptors (Lipinski definition) is 5. The minimum Gasteiger partial charge on any atom is -0.490 e. The van der Waals surface area contributed by atoms with Crippen molar-refractivity contribution >= 4 is 44.2 Å². The normalized spacial score (nSPS) is 13.5. The number of aromatic carboxylic acids is 1. The number of carbonyl (C=O) groups is 1. The van der Waals surface area contributed by atoms with E-state index in [1.54, 1.807) is 54.6 Å². The Kier molecular flexibility index (Phi) is 5.50. The highest BCUT2D eigenvalue weighted by Crippen LogP contribution is 2.36. The predicted molar refractivity (Wildman–Crippen MR) is 131 cm³/mol. The van der Waals surface area contributed by atoms with Gasteiger partial charge in [0.25, 0.3) is 10.0 Å². The van der Waals surface area contributed by atoms with E-state index in [0.29, 0.717) is 46.2 Å². The number of halogens is 1. The molecule has 4 aromatic rings. The van der Waals surface area contributed by atoms with Crippen LogP contribution >= 0.6 is 11.6 Å². The molecule has 0 saturated heterocycles. The van der Waals surface area contributed by atoms with Crippen LogP contribution in [0, 0.1) is 0 Å². The summed E-state index contributed by atoms with van der Waals surface area (Å²) >= 11 is 6.41. The Balaban J connectivity index is 1.66. The maximum Gasteiger partial charge on any atom is 0.335 e.